The molecule has 3 rings (SSSR count). The Hall–Kier alpha value is -2.05. The molecule has 28 heavy (non-hydrogen) atoms. The van der Waals surface area contributed by atoms with Gasteiger partial charge in [-0.15, -0.1) is 0 Å². The molecular formula is C21H25ClN2O3S. The number of anilines is 1. The summed E-state index contributed by atoms with van der Waals surface area (Å²) in [5.41, 5.74) is 3.56. The maximum Gasteiger partial charge on any atom is 0.246 e. The van der Waals surface area contributed by atoms with E-state index >= 15 is 0 Å². The van der Waals surface area contributed by atoms with Gasteiger partial charge in [0.05, 0.1) is 11.9 Å². The van der Waals surface area contributed by atoms with E-state index in [2.05, 4.69) is 6.07 Å². The van der Waals surface area contributed by atoms with Crippen LogP contribution in [0.1, 0.15) is 30.0 Å². The van der Waals surface area contributed by atoms with Gasteiger partial charge in [-0.1, -0.05) is 48.9 Å². The van der Waals surface area contributed by atoms with E-state index in [-0.39, 0.29) is 5.91 Å². The average Bonchev–Trinajstić information content (AvgIpc) is 2.66. The number of hydrogen-bond acceptors (Lipinski definition) is 3. The number of halogens is 1. The average molecular weight is 421 g/mol. The Labute approximate surface area is 172 Å². The van der Waals surface area contributed by atoms with Crippen molar-refractivity contribution < 1.29 is 13.2 Å². The van der Waals surface area contributed by atoms with Crippen LogP contribution in [0, 0.1) is 6.92 Å². The second-order valence-electron chi connectivity index (χ2n) is 7.19. The van der Waals surface area contributed by atoms with Crippen LogP contribution in [0.2, 0.25) is 5.02 Å². The van der Waals surface area contributed by atoms with E-state index < -0.39 is 16.1 Å². The Balaban J connectivity index is 1.97. The first-order valence-electron chi connectivity index (χ1n) is 9.33. The zero-order valence-electron chi connectivity index (χ0n) is 16.4. The van der Waals surface area contributed by atoms with Gasteiger partial charge >= 0.3 is 0 Å². The Bertz CT molecular complexity index is 991. The van der Waals surface area contributed by atoms with E-state index in [0.717, 1.165) is 23.8 Å². The molecule has 2 aromatic carbocycles. The lowest BCUT2D eigenvalue weighted by molar-refractivity contribution is -0.133. The molecule has 0 aliphatic carbocycles. The van der Waals surface area contributed by atoms with Crippen LogP contribution in [0.5, 0.6) is 0 Å². The summed E-state index contributed by atoms with van der Waals surface area (Å²) in [6.07, 6.45) is 2.28. The Morgan fingerprint density at radius 3 is 2.54 bits per heavy atom. The third-order valence-corrected chi connectivity index (χ3v) is 6.56. The molecule has 1 heterocycles. The number of sulfonamides is 1. The number of carbonyl (C=O) groups is 1. The van der Waals surface area contributed by atoms with Crippen LogP contribution >= 0.6 is 11.6 Å². The van der Waals surface area contributed by atoms with Crippen LogP contribution in [-0.2, 0) is 27.8 Å². The molecule has 0 radical (unpaired) electrons. The van der Waals surface area contributed by atoms with Crippen molar-refractivity contribution in [3.63, 3.8) is 0 Å². The molecule has 5 nitrogen and oxygen atoms in total. The smallest absolute Gasteiger partial charge is 0.246 e. The van der Waals surface area contributed by atoms with Crippen molar-refractivity contribution in [2.24, 2.45) is 0 Å². The van der Waals surface area contributed by atoms with Gasteiger partial charge in [-0.05, 0) is 48.6 Å². The molecule has 1 aliphatic heterocycles. The van der Waals surface area contributed by atoms with Gasteiger partial charge in [-0.2, -0.15) is 0 Å². The standard InChI is InChI=1S/C21H25ClN2O3S/c1-4-19(21(25)23-12-11-16-7-5-6-8-17(16)14-23)24(28(3,26)27)20-13-18(22)10-9-15(20)2/h5-10,13,19H,4,11-12,14H2,1-3H3/t19-/m0/s1. The summed E-state index contributed by atoms with van der Waals surface area (Å²) < 4.78 is 26.6. The van der Waals surface area contributed by atoms with Crippen molar-refractivity contribution in [1.29, 1.82) is 0 Å². The van der Waals surface area contributed by atoms with E-state index in [1.807, 2.05) is 32.0 Å². The molecule has 0 bridgehead atoms. The number of amides is 1. The van der Waals surface area contributed by atoms with Crippen molar-refractivity contribution >= 4 is 33.2 Å². The van der Waals surface area contributed by atoms with Crippen molar-refractivity contribution in [1.82, 2.24) is 4.90 Å². The minimum atomic E-state index is -3.69. The van der Waals surface area contributed by atoms with Crippen LogP contribution in [0.4, 0.5) is 5.69 Å². The second kappa shape index (κ2) is 8.13. The number of aryl methyl sites for hydroxylation is 1. The molecule has 2 aromatic rings. The molecular weight excluding hydrogens is 396 g/mol. The SMILES string of the molecule is CC[C@@H](C(=O)N1CCc2ccccc2C1)N(c1cc(Cl)ccc1C)S(C)(=O)=O. The van der Waals surface area contributed by atoms with Gasteiger partial charge in [-0.3, -0.25) is 9.10 Å². The largest absolute Gasteiger partial charge is 0.336 e. The quantitative estimate of drug-likeness (QED) is 0.739. The van der Waals surface area contributed by atoms with E-state index in [1.165, 1.54) is 9.87 Å². The number of rotatable bonds is 5. The lowest BCUT2D eigenvalue weighted by Crippen LogP contribution is -2.52. The topological polar surface area (TPSA) is 57.7 Å². The van der Waals surface area contributed by atoms with Gasteiger partial charge < -0.3 is 4.90 Å². The van der Waals surface area contributed by atoms with Gasteiger partial charge in [0.25, 0.3) is 0 Å². The monoisotopic (exact) mass is 420 g/mol. The fourth-order valence-electron chi connectivity index (χ4n) is 3.73. The van der Waals surface area contributed by atoms with Crippen LogP contribution in [0.25, 0.3) is 0 Å². The molecule has 1 atom stereocenters. The van der Waals surface area contributed by atoms with Gasteiger partial charge in [-0.25, -0.2) is 8.42 Å². The molecule has 0 N–H and O–H groups in total. The number of hydrogen-bond donors (Lipinski definition) is 0. The minimum Gasteiger partial charge on any atom is -0.336 e. The predicted molar refractivity (Wildman–Crippen MR) is 113 cm³/mol. The molecule has 1 aliphatic rings. The predicted octanol–water partition coefficient (Wildman–Crippen LogP) is 3.78. The van der Waals surface area contributed by atoms with Crippen molar-refractivity contribution in [3.8, 4) is 0 Å². The van der Waals surface area contributed by atoms with Crippen LogP contribution in [0.3, 0.4) is 0 Å². The number of carbonyl (C=O) groups excluding carboxylic acids is 1. The molecule has 0 saturated carbocycles. The van der Waals surface area contributed by atoms with Crippen LogP contribution in [-0.4, -0.2) is 38.1 Å². The van der Waals surface area contributed by atoms with Crippen LogP contribution in [0.15, 0.2) is 42.5 Å². The lowest BCUT2D eigenvalue weighted by Gasteiger charge is -2.36. The molecule has 0 fully saturated rings. The molecule has 150 valence electrons. The summed E-state index contributed by atoms with van der Waals surface area (Å²) in [5.74, 6) is -0.179. The maximum atomic E-state index is 13.4. The van der Waals surface area contributed by atoms with Gasteiger partial charge in [0.1, 0.15) is 6.04 Å². The number of nitrogens with zero attached hydrogens (tertiary/aromatic N) is 2. The minimum absolute atomic E-state index is 0.179. The summed E-state index contributed by atoms with van der Waals surface area (Å²) in [6.45, 7) is 4.73. The molecule has 1 amide bonds. The maximum absolute atomic E-state index is 13.4. The molecule has 0 aromatic heterocycles. The number of benzene rings is 2. The Kier molecular flexibility index (Phi) is 6.01. The fraction of sp³-hybridized carbons (Fsp3) is 0.381. The fourth-order valence-corrected chi connectivity index (χ4v) is 5.15. The molecule has 0 spiro atoms. The van der Waals surface area contributed by atoms with Crippen molar-refractivity contribution in [3.05, 3.63) is 64.2 Å². The highest BCUT2D eigenvalue weighted by atomic mass is 35.5. The third kappa shape index (κ3) is 4.18. The highest BCUT2D eigenvalue weighted by Crippen LogP contribution is 2.30. The molecule has 0 saturated heterocycles. The van der Waals surface area contributed by atoms with Crippen LogP contribution < -0.4 is 4.31 Å². The van der Waals surface area contributed by atoms with E-state index in [9.17, 15) is 13.2 Å². The zero-order chi connectivity index (χ0) is 20.5. The second-order valence-corrected chi connectivity index (χ2v) is 9.49. The molecule has 0 unspecified atom stereocenters. The zero-order valence-corrected chi connectivity index (χ0v) is 17.9. The van der Waals surface area contributed by atoms with Crippen molar-refractivity contribution in [2.45, 2.75) is 39.3 Å². The highest BCUT2D eigenvalue weighted by molar-refractivity contribution is 7.92. The Morgan fingerprint density at radius 1 is 1.21 bits per heavy atom. The summed E-state index contributed by atoms with van der Waals surface area (Å²) in [7, 11) is -3.69. The summed E-state index contributed by atoms with van der Waals surface area (Å²) in [6, 6.07) is 12.3. The molecule has 7 heteroatoms. The van der Waals surface area contributed by atoms with E-state index in [0.29, 0.717) is 30.2 Å². The third-order valence-electron chi connectivity index (χ3n) is 5.16. The van der Waals surface area contributed by atoms with Crippen molar-refractivity contribution in [2.75, 3.05) is 17.1 Å². The highest BCUT2D eigenvalue weighted by Gasteiger charge is 2.36. The normalized spacial score (nSPS) is 15.1. The summed E-state index contributed by atoms with van der Waals surface area (Å²) >= 11 is 6.13. The summed E-state index contributed by atoms with van der Waals surface area (Å²) in [4.78, 5) is 15.1. The first-order valence-corrected chi connectivity index (χ1v) is 11.6. The van der Waals surface area contributed by atoms with E-state index in [4.69, 9.17) is 11.6 Å². The first kappa shape index (κ1) is 20.7. The van der Waals surface area contributed by atoms with Gasteiger partial charge in [0.15, 0.2) is 0 Å². The number of fused-ring (bicyclic) bond motifs is 1. The van der Waals surface area contributed by atoms with E-state index in [1.54, 1.807) is 23.1 Å². The van der Waals surface area contributed by atoms with Gasteiger partial charge in [0, 0.05) is 18.1 Å². The summed E-state index contributed by atoms with van der Waals surface area (Å²) in [5, 5.41) is 0.434. The Morgan fingerprint density at radius 2 is 1.89 bits per heavy atom. The van der Waals surface area contributed by atoms with Gasteiger partial charge in [0.2, 0.25) is 15.9 Å². The lowest BCUT2D eigenvalue weighted by atomic mass is 9.99. The first-order chi connectivity index (χ1) is 13.2.